The molecule has 0 radical (unpaired) electrons. The van der Waals surface area contributed by atoms with E-state index in [2.05, 4.69) is 20.3 Å². The van der Waals surface area contributed by atoms with E-state index in [0.29, 0.717) is 25.5 Å². The summed E-state index contributed by atoms with van der Waals surface area (Å²) >= 11 is 0. The lowest BCUT2D eigenvalue weighted by Crippen LogP contribution is -2.43. The lowest BCUT2D eigenvalue weighted by molar-refractivity contribution is -0.120. The lowest BCUT2D eigenvalue weighted by atomic mass is 10.1. The highest BCUT2D eigenvalue weighted by molar-refractivity contribution is 5.78. The van der Waals surface area contributed by atoms with E-state index < -0.39 is 17.2 Å². The van der Waals surface area contributed by atoms with Gasteiger partial charge in [0.2, 0.25) is 11.7 Å². The van der Waals surface area contributed by atoms with Gasteiger partial charge < -0.3 is 10.4 Å². The summed E-state index contributed by atoms with van der Waals surface area (Å²) in [5, 5.41) is 17.3. The zero-order valence-corrected chi connectivity index (χ0v) is 18.0. The number of nitrogens with zero attached hydrogens (tertiary/aromatic N) is 5. The molecule has 2 N–H and O–H groups in total. The summed E-state index contributed by atoms with van der Waals surface area (Å²) in [7, 11) is 1.88. The zero-order chi connectivity index (χ0) is 22.8. The first-order chi connectivity index (χ1) is 15.3. The monoisotopic (exact) mass is 440 g/mol. The number of hydrogen-bond acceptors (Lipinski definition) is 6. The molecule has 1 unspecified atom stereocenters. The Labute approximate surface area is 184 Å². The van der Waals surface area contributed by atoms with Crippen molar-refractivity contribution in [2.75, 3.05) is 6.54 Å². The van der Waals surface area contributed by atoms with Crippen LogP contribution in [0.2, 0.25) is 0 Å². The minimum absolute atomic E-state index is 0.0482. The number of amides is 1. The van der Waals surface area contributed by atoms with Crippen LogP contribution in [0.25, 0.3) is 0 Å². The average Bonchev–Trinajstić information content (AvgIpc) is 3.18. The fourth-order valence-electron chi connectivity index (χ4n) is 3.85. The number of carbonyl (C=O) groups excluding carboxylic acids is 1. The summed E-state index contributed by atoms with van der Waals surface area (Å²) < 4.78 is 16.3. The molecular formula is C22H25FN6O3. The van der Waals surface area contributed by atoms with E-state index in [4.69, 9.17) is 0 Å². The Kier molecular flexibility index (Phi) is 6.04. The van der Waals surface area contributed by atoms with E-state index in [1.165, 1.54) is 16.7 Å². The van der Waals surface area contributed by atoms with Crippen LogP contribution in [0.1, 0.15) is 35.7 Å². The van der Waals surface area contributed by atoms with Crippen LogP contribution in [-0.4, -0.2) is 41.8 Å². The van der Waals surface area contributed by atoms with E-state index >= 15 is 0 Å². The SMILES string of the molecule is CC1c2nc(CC(=O)NCc3ccc(F)cc3)c(O)c(=O)n2CCN1Cc1ccnn1C. The third kappa shape index (κ3) is 4.40. The van der Waals surface area contributed by atoms with Gasteiger partial charge in [-0.15, -0.1) is 0 Å². The molecule has 0 fully saturated rings. The first kappa shape index (κ1) is 21.7. The Bertz CT molecular complexity index is 1190. The maximum Gasteiger partial charge on any atom is 0.296 e. The van der Waals surface area contributed by atoms with Gasteiger partial charge in [-0.2, -0.15) is 5.10 Å². The number of aromatic nitrogens is 4. The van der Waals surface area contributed by atoms with Crippen LogP contribution < -0.4 is 10.9 Å². The quantitative estimate of drug-likeness (QED) is 0.598. The van der Waals surface area contributed by atoms with Crippen LogP contribution in [0.3, 0.4) is 0 Å². The maximum absolute atomic E-state index is 13.0. The third-order valence-corrected chi connectivity index (χ3v) is 5.80. The summed E-state index contributed by atoms with van der Waals surface area (Å²) in [6, 6.07) is 7.54. The fourth-order valence-corrected chi connectivity index (χ4v) is 3.85. The van der Waals surface area contributed by atoms with E-state index in [1.54, 1.807) is 23.0 Å². The van der Waals surface area contributed by atoms with Crippen molar-refractivity contribution in [3.05, 3.63) is 75.5 Å². The number of aromatic hydroxyl groups is 1. The lowest BCUT2D eigenvalue weighted by Gasteiger charge is -2.35. The molecule has 1 atom stereocenters. The predicted octanol–water partition coefficient (Wildman–Crippen LogP) is 1.26. The largest absolute Gasteiger partial charge is 0.502 e. The van der Waals surface area contributed by atoms with Crippen LogP contribution in [-0.2, 0) is 37.9 Å². The van der Waals surface area contributed by atoms with Gasteiger partial charge in [0, 0.05) is 39.4 Å². The molecule has 0 saturated heterocycles. The molecule has 10 heteroatoms. The first-order valence-electron chi connectivity index (χ1n) is 10.4. The zero-order valence-electron chi connectivity index (χ0n) is 18.0. The summed E-state index contributed by atoms with van der Waals surface area (Å²) in [5.41, 5.74) is 1.28. The molecule has 9 nitrogen and oxygen atoms in total. The maximum atomic E-state index is 13.0. The molecule has 1 aliphatic heterocycles. The number of carbonyl (C=O) groups is 1. The summed E-state index contributed by atoms with van der Waals surface area (Å²) in [4.78, 5) is 31.8. The fraction of sp³-hybridized carbons (Fsp3) is 0.364. The second-order valence-electron chi connectivity index (χ2n) is 7.89. The van der Waals surface area contributed by atoms with E-state index in [9.17, 15) is 19.1 Å². The molecule has 2 aromatic heterocycles. The van der Waals surface area contributed by atoms with Gasteiger partial charge >= 0.3 is 0 Å². The first-order valence-corrected chi connectivity index (χ1v) is 10.4. The smallest absolute Gasteiger partial charge is 0.296 e. The molecule has 0 saturated carbocycles. The minimum atomic E-state index is -0.539. The highest BCUT2D eigenvalue weighted by Crippen LogP contribution is 2.26. The molecular weight excluding hydrogens is 415 g/mol. The average molecular weight is 440 g/mol. The Morgan fingerprint density at radius 2 is 2.00 bits per heavy atom. The topological polar surface area (TPSA) is 105 Å². The number of aryl methyl sites for hydroxylation is 1. The number of hydrogen-bond donors (Lipinski definition) is 2. The Hall–Kier alpha value is -3.53. The van der Waals surface area contributed by atoms with Crippen LogP contribution in [0.15, 0.2) is 41.3 Å². The number of fused-ring (bicyclic) bond motifs is 1. The third-order valence-electron chi connectivity index (χ3n) is 5.80. The summed E-state index contributed by atoms with van der Waals surface area (Å²) in [5.74, 6) is -0.729. The van der Waals surface area contributed by atoms with Gasteiger partial charge in [0.25, 0.3) is 5.56 Å². The Balaban J connectivity index is 1.50. The van der Waals surface area contributed by atoms with Crippen molar-refractivity contribution in [1.82, 2.24) is 29.5 Å². The van der Waals surface area contributed by atoms with Gasteiger partial charge in [-0.3, -0.25) is 23.7 Å². The second kappa shape index (κ2) is 8.91. The molecule has 0 spiro atoms. The van der Waals surface area contributed by atoms with Crippen LogP contribution in [0.4, 0.5) is 4.39 Å². The van der Waals surface area contributed by atoms with Crippen LogP contribution in [0, 0.1) is 5.82 Å². The van der Waals surface area contributed by atoms with Crippen LogP contribution in [0.5, 0.6) is 5.75 Å². The van der Waals surface area contributed by atoms with Crippen molar-refractivity contribution in [2.45, 2.75) is 39.0 Å². The minimum Gasteiger partial charge on any atom is -0.502 e. The number of rotatable bonds is 6. The van der Waals surface area contributed by atoms with Gasteiger partial charge in [-0.05, 0) is 30.7 Å². The molecule has 4 rings (SSSR count). The van der Waals surface area contributed by atoms with E-state index in [-0.39, 0.29) is 30.5 Å². The molecule has 1 aliphatic rings. The van der Waals surface area contributed by atoms with E-state index in [0.717, 1.165) is 11.3 Å². The molecule has 0 aliphatic carbocycles. The van der Waals surface area contributed by atoms with Gasteiger partial charge in [0.1, 0.15) is 11.6 Å². The summed E-state index contributed by atoms with van der Waals surface area (Å²) in [6.07, 6.45) is 1.51. The molecule has 3 aromatic rings. The van der Waals surface area contributed by atoms with Crippen molar-refractivity contribution < 1.29 is 14.3 Å². The molecule has 1 aromatic carbocycles. The van der Waals surface area contributed by atoms with Gasteiger partial charge in [-0.1, -0.05) is 12.1 Å². The van der Waals surface area contributed by atoms with Crippen molar-refractivity contribution >= 4 is 5.91 Å². The molecule has 168 valence electrons. The standard InChI is InChI=1S/C22H25FN6O3/c1-14-21-26-18(11-19(30)24-12-15-3-5-16(23)6-4-15)20(31)22(32)29(21)10-9-28(14)13-17-7-8-25-27(17)2/h3-8,14,31H,9-13H2,1-2H3,(H,24,30). The van der Waals surface area contributed by atoms with Crippen molar-refractivity contribution in [3.63, 3.8) is 0 Å². The Morgan fingerprint density at radius 1 is 1.25 bits per heavy atom. The second-order valence-corrected chi connectivity index (χ2v) is 7.89. The highest BCUT2D eigenvalue weighted by Gasteiger charge is 2.29. The normalized spacial score (nSPS) is 16.0. The molecule has 3 heterocycles. The highest BCUT2D eigenvalue weighted by atomic mass is 19.1. The number of benzene rings is 1. The number of nitrogens with one attached hydrogen (secondary N) is 1. The molecule has 32 heavy (non-hydrogen) atoms. The number of halogens is 1. The predicted molar refractivity (Wildman–Crippen MR) is 114 cm³/mol. The van der Waals surface area contributed by atoms with Gasteiger partial charge in [0.05, 0.1) is 23.9 Å². The summed E-state index contributed by atoms with van der Waals surface area (Å²) in [6.45, 7) is 3.82. The van der Waals surface area contributed by atoms with Crippen molar-refractivity contribution in [1.29, 1.82) is 0 Å². The van der Waals surface area contributed by atoms with Crippen molar-refractivity contribution in [3.8, 4) is 5.75 Å². The van der Waals surface area contributed by atoms with Crippen molar-refractivity contribution in [2.24, 2.45) is 7.05 Å². The molecule has 0 bridgehead atoms. The van der Waals surface area contributed by atoms with Gasteiger partial charge in [-0.25, -0.2) is 9.37 Å². The molecule has 1 amide bonds. The van der Waals surface area contributed by atoms with Crippen LogP contribution >= 0.6 is 0 Å². The Morgan fingerprint density at radius 3 is 2.69 bits per heavy atom. The van der Waals surface area contributed by atoms with E-state index in [1.807, 2.05) is 20.0 Å². The van der Waals surface area contributed by atoms with Gasteiger partial charge in [0.15, 0.2) is 0 Å².